The van der Waals surface area contributed by atoms with Gasteiger partial charge in [-0.1, -0.05) is 69.4 Å². The monoisotopic (exact) mass is 351 g/mol. The Morgan fingerprint density at radius 1 is 1.19 bits per heavy atom. The van der Waals surface area contributed by atoms with Crippen molar-refractivity contribution in [2.75, 3.05) is 0 Å². The highest BCUT2D eigenvalue weighted by atomic mass is 14.7. The van der Waals surface area contributed by atoms with Gasteiger partial charge in [0.15, 0.2) is 0 Å². The first-order valence-corrected chi connectivity index (χ1v) is 10.5. The van der Waals surface area contributed by atoms with Crippen LogP contribution in [0.4, 0.5) is 0 Å². The molecule has 0 amide bonds. The number of hydrogen-bond donors (Lipinski definition) is 0. The van der Waals surface area contributed by atoms with Gasteiger partial charge >= 0.3 is 0 Å². The molecule has 0 aromatic carbocycles. The Hall–Kier alpha value is -1.63. The van der Waals surface area contributed by atoms with Crippen molar-refractivity contribution >= 4 is 5.57 Å². The molecule has 1 heteroatoms. The normalized spacial score (nSPS) is 14.2. The van der Waals surface area contributed by atoms with Gasteiger partial charge in [-0.05, 0) is 69.1 Å². The van der Waals surface area contributed by atoms with Crippen LogP contribution in [0.15, 0.2) is 42.1 Å². The second-order valence-electron chi connectivity index (χ2n) is 8.23. The molecule has 1 aliphatic rings. The second-order valence-corrected chi connectivity index (χ2v) is 8.23. The van der Waals surface area contributed by atoms with E-state index in [1.54, 1.807) is 0 Å². The van der Waals surface area contributed by atoms with Crippen molar-refractivity contribution in [2.24, 2.45) is 5.92 Å². The summed E-state index contributed by atoms with van der Waals surface area (Å²) in [6, 6.07) is 2.37. The van der Waals surface area contributed by atoms with E-state index in [9.17, 15) is 0 Å². The van der Waals surface area contributed by atoms with Gasteiger partial charge in [-0.3, -0.25) is 4.98 Å². The van der Waals surface area contributed by atoms with E-state index in [0.717, 1.165) is 24.0 Å². The van der Waals surface area contributed by atoms with Crippen LogP contribution in [0.5, 0.6) is 0 Å². The molecule has 1 aromatic rings. The molecule has 142 valence electrons. The number of hydrogen-bond acceptors (Lipinski definition) is 1. The van der Waals surface area contributed by atoms with Crippen molar-refractivity contribution in [3.8, 4) is 0 Å². The smallest absolute Gasteiger partial charge is 0.0451 e. The zero-order chi connectivity index (χ0) is 19.1. The lowest BCUT2D eigenvalue weighted by Crippen LogP contribution is -2.00. The molecular formula is C25H37N. The van der Waals surface area contributed by atoms with Crippen molar-refractivity contribution < 1.29 is 0 Å². The molecule has 1 aromatic heterocycles. The minimum Gasteiger partial charge on any atom is -0.261 e. The third kappa shape index (κ3) is 5.97. The van der Waals surface area contributed by atoms with E-state index in [1.165, 1.54) is 66.4 Å². The Kier molecular flexibility index (Phi) is 7.87. The molecule has 1 saturated carbocycles. The quantitative estimate of drug-likeness (QED) is 0.392. The van der Waals surface area contributed by atoms with Crippen LogP contribution in [-0.2, 0) is 0 Å². The third-order valence-corrected chi connectivity index (χ3v) is 5.42. The fourth-order valence-corrected chi connectivity index (χ4v) is 3.79. The minimum atomic E-state index is 0.739. The van der Waals surface area contributed by atoms with E-state index in [-0.39, 0.29) is 0 Å². The van der Waals surface area contributed by atoms with Crippen LogP contribution in [0, 0.1) is 12.8 Å². The van der Waals surface area contributed by atoms with Crippen molar-refractivity contribution in [1.82, 2.24) is 4.98 Å². The van der Waals surface area contributed by atoms with E-state index >= 15 is 0 Å². The summed E-state index contributed by atoms with van der Waals surface area (Å²) in [7, 11) is 0. The number of allylic oxidation sites excluding steroid dienone is 5. The van der Waals surface area contributed by atoms with Gasteiger partial charge in [0.2, 0.25) is 0 Å². The SMILES string of the molecule is C=C(/C=C\C(=C(C)C)c1cc(C2CC2)cnc1C)CC(CCC)CCC. The van der Waals surface area contributed by atoms with E-state index in [2.05, 4.69) is 70.6 Å². The predicted molar refractivity (Wildman–Crippen MR) is 115 cm³/mol. The number of aryl methyl sites for hydroxylation is 1. The number of nitrogens with zero attached hydrogens (tertiary/aromatic N) is 1. The summed E-state index contributed by atoms with van der Waals surface area (Å²) >= 11 is 0. The van der Waals surface area contributed by atoms with Crippen molar-refractivity contribution in [2.45, 2.75) is 85.5 Å². The first-order valence-electron chi connectivity index (χ1n) is 10.5. The fraction of sp³-hybridized carbons (Fsp3) is 0.560. The summed E-state index contributed by atoms with van der Waals surface area (Å²) in [6.07, 6.45) is 15.5. The van der Waals surface area contributed by atoms with Gasteiger partial charge in [0.05, 0.1) is 0 Å². The Balaban J connectivity index is 2.16. The summed E-state index contributed by atoms with van der Waals surface area (Å²) in [5.41, 5.74) is 7.71. The van der Waals surface area contributed by atoms with Crippen LogP contribution < -0.4 is 0 Å². The molecule has 0 unspecified atom stereocenters. The van der Waals surface area contributed by atoms with Crippen molar-refractivity contribution in [1.29, 1.82) is 0 Å². The molecule has 0 saturated heterocycles. The molecular weight excluding hydrogens is 314 g/mol. The summed E-state index contributed by atoms with van der Waals surface area (Å²) in [5, 5.41) is 0. The Morgan fingerprint density at radius 2 is 1.85 bits per heavy atom. The van der Waals surface area contributed by atoms with Gasteiger partial charge in [0.1, 0.15) is 0 Å². The zero-order valence-corrected chi connectivity index (χ0v) is 17.6. The van der Waals surface area contributed by atoms with Crippen LogP contribution in [0.25, 0.3) is 5.57 Å². The van der Waals surface area contributed by atoms with E-state index in [1.807, 2.05) is 0 Å². The third-order valence-electron chi connectivity index (χ3n) is 5.42. The van der Waals surface area contributed by atoms with Gasteiger partial charge in [-0.15, -0.1) is 0 Å². The summed E-state index contributed by atoms with van der Waals surface area (Å²) < 4.78 is 0. The van der Waals surface area contributed by atoms with Crippen LogP contribution in [0.2, 0.25) is 0 Å². The highest BCUT2D eigenvalue weighted by Gasteiger charge is 2.24. The average Bonchev–Trinajstić information content (AvgIpc) is 3.41. The minimum absolute atomic E-state index is 0.739. The Labute approximate surface area is 161 Å². The highest BCUT2D eigenvalue weighted by molar-refractivity contribution is 5.78. The van der Waals surface area contributed by atoms with Crippen LogP contribution in [0.1, 0.15) is 95.4 Å². The maximum atomic E-state index is 4.68. The fourth-order valence-electron chi connectivity index (χ4n) is 3.79. The molecule has 1 nitrogen and oxygen atoms in total. The zero-order valence-electron chi connectivity index (χ0n) is 17.6. The van der Waals surface area contributed by atoms with Gasteiger partial charge in [0, 0.05) is 17.5 Å². The Morgan fingerprint density at radius 3 is 2.38 bits per heavy atom. The van der Waals surface area contributed by atoms with Gasteiger partial charge in [-0.2, -0.15) is 0 Å². The summed E-state index contributed by atoms with van der Waals surface area (Å²) in [4.78, 5) is 4.68. The topological polar surface area (TPSA) is 12.9 Å². The van der Waals surface area contributed by atoms with Crippen LogP contribution in [-0.4, -0.2) is 4.98 Å². The lowest BCUT2D eigenvalue weighted by atomic mass is 9.90. The molecule has 26 heavy (non-hydrogen) atoms. The molecule has 1 aliphatic carbocycles. The first kappa shape index (κ1) is 20.7. The Bertz CT molecular complexity index is 663. The van der Waals surface area contributed by atoms with Gasteiger partial charge < -0.3 is 0 Å². The van der Waals surface area contributed by atoms with Crippen molar-refractivity contribution in [3.63, 3.8) is 0 Å². The molecule has 0 spiro atoms. The molecule has 2 rings (SSSR count). The molecule has 0 bridgehead atoms. The average molecular weight is 352 g/mol. The molecule has 0 N–H and O–H groups in total. The molecule has 0 radical (unpaired) electrons. The lowest BCUT2D eigenvalue weighted by Gasteiger charge is -2.15. The molecule has 1 heterocycles. The molecule has 1 fully saturated rings. The van der Waals surface area contributed by atoms with E-state index in [4.69, 9.17) is 0 Å². The molecule has 0 aliphatic heterocycles. The maximum absolute atomic E-state index is 4.68. The van der Waals surface area contributed by atoms with Gasteiger partial charge in [0.25, 0.3) is 0 Å². The van der Waals surface area contributed by atoms with Crippen LogP contribution >= 0.6 is 0 Å². The summed E-state index contributed by atoms with van der Waals surface area (Å²) in [6.45, 7) is 15.4. The maximum Gasteiger partial charge on any atom is 0.0451 e. The highest BCUT2D eigenvalue weighted by Crippen LogP contribution is 2.41. The molecule has 0 atom stereocenters. The predicted octanol–water partition coefficient (Wildman–Crippen LogP) is 7.78. The number of pyridine rings is 1. The largest absolute Gasteiger partial charge is 0.261 e. The lowest BCUT2D eigenvalue weighted by molar-refractivity contribution is 0.440. The van der Waals surface area contributed by atoms with Gasteiger partial charge in [-0.25, -0.2) is 0 Å². The summed E-state index contributed by atoms with van der Waals surface area (Å²) in [5.74, 6) is 1.52. The van der Waals surface area contributed by atoms with Crippen LogP contribution in [0.3, 0.4) is 0 Å². The van der Waals surface area contributed by atoms with E-state index < -0.39 is 0 Å². The number of aromatic nitrogens is 1. The first-order chi connectivity index (χ1) is 12.5. The second kappa shape index (κ2) is 9.90. The van der Waals surface area contributed by atoms with Crippen molar-refractivity contribution in [3.05, 3.63) is 59.0 Å². The standard InChI is InChI=1S/C25H37N/c1-7-9-21(10-8-2)15-19(5)11-14-24(18(3)4)25-16-23(22-12-13-22)17-26-20(25)6/h11,14,16-17,21-22H,5,7-10,12-13,15H2,1-4,6H3/b14-11-. The number of rotatable bonds is 10. The van der Waals surface area contributed by atoms with E-state index in [0.29, 0.717) is 0 Å².